The second kappa shape index (κ2) is 9.24. The molecule has 0 aliphatic carbocycles. The average molecular weight is 487 g/mol. The maximum absolute atomic E-state index is 12.7. The lowest BCUT2D eigenvalue weighted by Crippen LogP contribution is -2.36. The van der Waals surface area contributed by atoms with E-state index in [1.807, 2.05) is 19.1 Å². The Labute approximate surface area is 198 Å². The highest BCUT2D eigenvalue weighted by Gasteiger charge is 2.36. The summed E-state index contributed by atoms with van der Waals surface area (Å²) in [4.78, 5) is 38.5. The topological polar surface area (TPSA) is 79.6 Å². The fourth-order valence-electron chi connectivity index (χ4n) is 3.08. The van der Waals surface area contributed by atoms with Gasteiger partial charge in [0.15, 0.2) is 0 Å². The number of hydrogen-bond acceptors (Lipinski definition) is 5. The minimum Gasteiger partial charge on any atom is -0.457 e. The van der Waals surface area contributed by atoms with Crippen LogP contribution < -0.4 is 5.32 Å². The number of aryl methyl sites for hydroxylation is 1. The van der Waals surface area contributed by atoms with Crippen LogP contribution in [0, 0.1) is 6.92 Å². The van der Waals surface area contributed by atoms with Gasteiger partial charge in [-0.15, -0.1) is 0 Å². The molecule has 1 saturated heterocycles. The van der Waals surface area contributed by atoms with E-state index in [0.717, 1.165) is 22.2 Å². The Kier molecular flexibility index (Phi) is 6.41. The summed E-state index contributed by atoms with van der Waals surface area (Å²) in [6, 6.07) is 15.7. The molecule has 9 heteroatoms. The van der Waals surface area contributed by atoms with E-state index in [-0.39, 0.29) is 11.4 Å². The lowest BCUT2D eigenvalue weighted by molar-refractivity contribution is -0.127. The van der Waals surface area contributed by atoms with E-state index < -0.39 is 17.1 Å². The average Bonchev–Trinajstić information content (AvgIpc) is 3.30. The van der Waals surface area contributed by atoms with Crippen LogP contribution in [-0.4, -0.2) is 28.5 Å². The molecule has 2 aromatic carbocycles. The summed E-state index contributed by atoms with van der Waals surface area (Å²) in [5.74, 6) is -0.140. The van der Waals surface area contributed by atoms with Gasteiger partial charge in [0, 0.05) is 22.3 Å². The number of carbonyl (C=O) groups excluding carboxylic acids is 3. The molecule has 4 rings (SSSR count). The molecule has 0 atom stereocenters. The van der Waals surface area contributed by atoms with Gasteiger partial charge in [0.05, 0.1) is 9.93 Å². The van der Waals surface area contributed by atoms with Crippen LogP contribution in [-0.2, 0) is 9.59 Å². The highest BCUT2D eigenvalue weighted by atomic mass is 35.5. The number of carbonyl (C=O) groups is 3. The number of benzene rings is 2. The van der Waals surface area contributed by atoms with Gasteiger partial charge in [0.2, 0.25) is 5.91 Å². The Morgan fingerprint density at radius 1 is 1.12 bits per heavy atom. The number of halogens is 2. The van der Waals surface area contributed by atoms with Crippen molar-refractivity contribution in [2.75, 3.05) is 11.9 Å². The molecule has 6 nitrogen and oxygen atoms in total. The van der Waals surface area contributed by atoms with E-state index in [0.29, 0.717) is 32.8 Å². The molecule has 1 N–H and O–H groups in total. The second-order valence-corrected chi connectivity index (χ2v) is 8.79. The summed E-state index contributed by atoms with van der Waals surface area (Å²) in [6.07, 6.45) is 1.47. The van der Waals surface area contributed by atoms with Gasteiger partial charge in [-0.25, -0.2) is 0 Å². The first-order chi connectivity index (χ1) is 15.3. The molecule has 32 heavy (non-hydrogen) atoms. The molecule has 3 amide bonds. The first-order valence-corrected chi connectivity index (χ1v) is 11.0. The molecule has 1 fully saturated rings. The Balaban J connectivity index is 1.47. The minimum absolute atomic E-state index is 0.168. The molecule has 162 valence electrons. The minimum atomic E-state index is -0.553. The standard InChI is InChI=1S/C23H16Cl2N2O4S/c1-13-4-2-3-5-18(13)26-21(28)12-27-22(29)20(32-23(27)30)11-15-7-9-19(31-15)16-8-6-14(24)10-17(16)25/h2-11H,12H2,1H3,(H,26,28). The Bertz CT molecular complexity index is 1270. The molecule has 3 aromatic rings. The number of amides is 3. The van der Waals surface area contributed by atoms with Crippen LogP contribution >= 0.6 is 35.0 Å². The Hall–Kier alpha value is -3.00. The van der Waals surface area contributed by atoms with Gasteiger partial charge in [0.25, 0.3) is 11.1 Å². The van der Waals surface area contributed by atoms with Crippen molar-refractivity contribution < 1.29 is 18.8 Å². The number of rotatable bonds is 5. The van der Waals surface area contributed by atoms with Gasteiger partial charge in [-0.3, -0.25) is 19.3 Å². The van der Waals surface area contributed by atoms with E-state index in [4.69, 9.17) is 27.6 Å². The van der Waals surface area contributed by atoms with Crippen LogP contribution in [0.2, 0.25) is 10.0 Å². The molecule has 1 aliphatic heterocycles. The van der Waals surface area contributed by atoms with Crippen LogP contribution in [0.3, 0.4) is 0 Å². The molecule has 0 bridgehead atoms. The highest BCUT2D eigenvalue weighted by molar-refractivity contribution is 8.18. The summed E-state index contributed by atoms with van der Waals surface area (Å²) in [6.45, 7) is 1.48. The molecule has 0 unspecified atom stereocenters. The SMILES string of the molecule is Cc1ccccc1NC(=O)CN1C(=O)SC(=Cc2ccc(-c3ccc(Cl)cc3Cl)o2)C1=O. The number of imide groups is 1. The number of para-hydroxylation sites is 1. The third kappa shape index (κ3) is 4.75. The number of hydrogen-bond donors (Lipinski definition) is 1. The van der Waals surface area contributed by atoms with Crippen molar-refractivity contribution in [1.29, 1.82) is 0 Å². The predicted molar refractivity (Wildman–Crippen MR) is 127 cm³/mol. The van der Waals surface area contributed by atoms with Crippen LogP contribution in [0.25, 0.3) is 17.4 Å². The largest absolute Gasteiger partial charge is 0.457 e. The summed E-state index contributed by atoms with van der Waals surface area (Å²) in [5.41, 5.74) is 2.16. The highest BCUT2D eigenvalue weighted by Crippen LogP contribution is 2.35. The van der Waals surface area contributed by atoms with Gasteiger partial charge in [-0.1, -0.05) is 41.4 Å². The first kappa shape index (κ1) is 22.2. The number of furan rings is 1. The van der Waals surface area contributed by atoms with Crippen LogP contribution in [0.4, 0.5) is 10.5 Å². The van der Waals surface area contributed by atoms with Crippen molar-refractivity contribution in [3.8, 4) is 11.3 Å². The molecule has 0 radical (unpaired) electrons. The third-order valence-electron chi connectivity index (χ3n) is 4.69. The molecular weight excluding hydrogens is 471 g/mol. The molecular formula is C23H16Cl2N2O4S. The van der Waals surface area contributed by atoms with E-state index >= 15 is 0 Å². The molecule has 1 aliphatic rings. The first-order valence-electron chi connectivity index (χ1n) is 9.48. The smallest absolute Gasteiger partial charge is 0.294 e. The molecule has 2 heterocycles. The normalized spacial score (nSPS) is 15.0. The van der Waals surface area contributed by atoms with E-state index in [9.17, 15) is 14.4 Å². The van der Waals surface area contributed by atoms with Gasteiger partial charge >= 0.3 is 0 Å². The molecule has 0 spiro atoms. The number of thioether (sulfide) groups is 1. The van der Waals surface area contributed by atoms with E-state index in [1.54, 1.807) is 42.5 Å². The summed E-state index contributed by atoms with van der Waals surface area (Å²) >= 11 is 12.9. The number of nitrogens with one attached hydrogen (secondary N) is 1. The lowest BCUT2D eigenvalue weighted by atomic mass is 10.2. The predicted octanol–water partition coefficient (Wildman–Crippen LogP) is 6.24. The lowest BCUT2D eigenvalue weighted by Gasteiger charge is -2.13. The summed E-state index contributed by atoms with van der Waals surface area (Å²) in [5, 5.41) is 3.13. The number of nitrogens with zero attached hydrogens (tertiary/aromatic N) is 1. The van der Waals surface area contributed by atoms with Crippen molar-refractivity contribution in [2.24, 2.45) is 0 Å². The van der Waals surface area contributed by atoms with Crippen molar-refractivity contribution >= 4 is 63.8 Å². The summed E-state index contributed by atoms with van der Waals surface area (Å²) in [7, 11) is 0. The number of anilines is 1. The van der Waals surface area contributed by atoms with Crippen molar-refractivity contribution in [1.82, 2.24) is 4.90 Å². The zero-order valence-electron chi connectivity index (χ0n) is 16.7. The van der Waals surface area contributed by atoms with E-state index in [2.05, 4.69) is 5.32 Å². The monoisotopic (exact) mass is 486 g/mol. The van der Waals surface area contributed by atoms with Crippen molar-refractivity contribution in [2.45, 2.75) is 6.92 Å². The van der Waals surface area contributed by atoms with Crippen molar-refractivity contribution in [3.63, 3.8) is 0 Å². The fourth-order valence-corrected chi connectivity index (χ4v) is 4.40. The summed E-state index contributed by atoms with van der Waals surface area (Å²) < 4.78 is 5.77. The Morgan fingerprint density at radius 2 is 1.91 bits per heavy atom. The fraction of sp³-hybridized carbons (Fsp3) is 0.0870. The maximum atomic E-state index is 12.7. The van der Waals surface area contributed by atoms with Gasteiger partial charge in [-0.2, -0.15) is 0 Å². The zero-order valence-corrected chi connectivity index (χ0v) is 19.1. The zero-order chi connectivity index (χ0) is 22.8. The van der Waals surface area contributed by atoms with Crippen molar-refractivity contribution in [3.05, 3.63) is 80.9 Å². The van der Waals surface area contributed by atoms with Gasteiger partial charge in [-0.05, 0) is 60.6 Å². The van der Waals surface area contributed by atoms with Gasteiger partial charge < -0.3 is 9.73 Å². The van der Waals surface area contributed by atoms with Crippen LogP contribution in [0.5, 0.6) is 0 Å². The van der Waals surface area contributed by atoms with Crippen LogP contribution in [0.15, 0.2) is 63.9 Å². The van der Waals surface area contributed by atoms with Gasteiger partial charge in [0.1, 0.15) is 18.1 Å². The maximum Gasteiger partial charge on any atom is 0.294 e. The quantitative estimate of drug-likeness (QED) is 0.431. The molecule has 1 aromatic heterocycles. The molecule has 0 saturated carbocycles. The second-order valence-electron chi connectivity index (χ2n) is 6.96. The van der Waals surface area contributed by atoms with E-state index in [1.165, 1.54) is 6.08 Å². The Morgan fingerprint density at radius 3 is 2.66 bits per heavy atom. The van der Waals surface area contributed by atoms with Crippen LogP contribution in [0.1, 0.15) is 11.3 Å². The third-order valence-corrected chi connectivity index (χ3v) is 6.15.